The molecule has 1 aromatic carbocycles. The van der Waals surface area contributed by atoms with E-state index in [-0.39, 0.29) is 0 Å². The van der Waals surface area contributed by atoms with Gasteiger partial charge in [0.25, 0.3) is 0 Å². The minimum absolute atomic E-state index is 0.774. The van der Waals surface area contributed by atoms with E-state index in [1.807, 2.05) is 31.2 Å². The van der Waals surface area contributed by atoms with Crippen LogP contribution in [-0.4, -0.2) is 22.2 Å². The van der Waals surface area contributed by atoms with Crippen LogP contribution in [0.4, 0.5) is 0 Å². The second-order valence-electron chi connectivity index (χ2n) is 3.92. The molecule has 3 nitrogen and oxygen atoms in total. The van der Waals surface area contributed by atoms with Gasteiger partial charge in [-0.1, -0.05) is 22.9 Å². The van der Waals surface area contributed by atoms with Gasteiger partial charge in [-0.3, -0.25) is 0 Å². The van der Waals surface area contributed by atoms with E-state index >= 15 is 0 Å². The molecule has 92 valence electrons. The van der Waals surface area contributed by atoms with Gasteiger partial charge in [0.2, 0.25) is 0 Å². The van der Waals surface area contributed by atoms with E-state index in [9.17, 15) is 0 Å². The Morgan fingerprint density at radius 1 is 1.44 bits per heavy atom. The summed E-state index contributed by atoms with van der Waals surface area (Å²) in [5.74, 6) is 0.774. The van der Waals surface area contributed by atoms with E-state index < -0.39 is 0 Å². The summed E-state index contributed by atoms with van der Waals surface area (Å²) in [4.78, 5) is 4.59. The number of thioether (sulfide) groups is 1. The van der Waals surface area contributed by atoms with Gasteiger partial charge in [-0.05, 0) is 25.1 Å². The summed E-state index contributed by atoms with van der Waals surface area (Å²) in [7, 11) is 0. The average molecular weight is 258 g/mol. The Bertz CT molecular complexity index is 608. The number of hydrogen-bond acceptors (Lipinski definition) is 4. The van der Waals surface area contributed by atoms with Gasteiger partial charge in [0, 0.05) is 16.7 Å². The average Bonchev–Trinajstić information content (AvgIpc) is 2.36. The van der Waals surface area contributed by atoms with Crippen LogP contribution in [0.5, 0.6) is 0 Å². The molecule has 0 saturated heterocycles. The highest BCUT2D eigenvalue weighted by molar-refractivity contribution is 7.99. The maximum Gasteiger partial charge on any atom is 0.106 e. The van der Waals surface area contributed by atoms with Crippen molar-refractivity contribution in [3.63, 3.8) is 0 Å². The number of aryl methyl sites for hydroxylation is 1. The first-order valence-corrected chi connectivity index (χ1v) is 6.55. The third-order valence-corrected chi connectivity index (χ3v) is 3.50. The van der Waals surface area contributed by atoms with Crippen molar-refractivity contribution in [3.05, 3.63) is 48.0 Å². The van der Waals surface area contributed by atoms with Crippen molar-refractivity contribution < 1.29 is 5.21 Å². The number of aromatic nitrogens is 1. The molecule has 2 aromatic rings. The number of hydrogen-bond donors (Lipinski definition) is 1. The molecule has 0 aliphatic heterocycles. The fourth-order valence-electron chi connectivity index (χ4n) is 1.70. The second kappa shape index (κ2) is 5.69. The third kappa shape index (κ3) is 2.71. The largest absolute Gasteiger partial charge is 0.411 e. The van der Waals surface area contributed by atoms with Crippen molar-refractivity contribution in [2.45, 2.75) is 11.9 Å². The monoisotopic (exact) mass is 258 g/mol. The Balaban J connectivity index is 2.56. The van der Waals surface area contributed by atoms with E-state index in [2.05, 4.69) is 22.8 Å². The first-order chi connectivity index (χ1) is 8.74. The normalized spacial score (nSPS) is 11.2. The molecular weight excluding hydrogens is 244 g/mol. The lowest BCUT2D eigenvalue weighted by atomic mass is 10.1. The zero-order chi connectivity index (χ0) is 13.0. The Hall–Kier alpha value is -1.81. The Morgan fingerprint density at radius 3 is 3.00 bits per heavy atom. The van der Waals surface area contributed by atoms with Crippen molar-refractivity contribution in [2.75, 3.05) is 5.75 Å². The molecule has 0 bridgehead atoms. The standard InChI is InChI=1S/C14H14N2OS/c1-3-6-18-14-12(9-15-17)8-11-7-10(2)4-5-13(11)16-14/h3-5,7-9,17H,1,6H2,2H3/b15-9+. The van der Waals surface area contributed by atoms with Crippen LogP contribution in [-0.2, 0) is 0 Å². The van der Waals surface area contributed by atoms with Gasteiger partial charge in [-0.25, -0.2) is 4.98 Å². The fraction of sp³-hybridized carbons (Fsp3) is 0.143. The molecule has 1 heterocycles. The highest BCUT2D eigenvalue weighted by Gasteiger charge is 2.06. The lowest BCUT2D eigenvalue weighted by Crippen LogP contribution is -1.93. The van der Waals surface area contributed by atoms with Crippen molar-refractivity contribution >= 4 is 28.9 Å². The molecular formula is C14H14N2OS. The molecule has 0 aliphatic carbocycles. The van der Waals surface area contributed by atoms with Crippen LogP contribution >= 0.6 is 11.8 Å². The summed E-state index contributed by atoms with van der Waals surface area (Å²) in [6.45, 7) is 5.73. The molecule has 0 atom stereocenters. The van der Waals surface area contributed by atoms with E-state index in [1.54, 1.807) is 11.8 Å². The second-order valence-corrected chi connectivity index (χ2v) is 4.93. The molecule has 1 N–H and O–H groups in total. The summed E-state index contributed by atoms with van der Waals surface area (Å²) in [6, 6.07) is 8.10. The van der Waals surface area contributed by atoms with Gasteiger partial charge in [-0.15, -0.1) is 18.3 Å². The lowest BCUT2D eigenvalue weighted by Gasteiger charge is -2.06. The van der Waals surface area contributed by atoms with Crippen LogP contribution in [0.25, 0.3) is 10.9 Å². The molecule has 0 aliphatic rings. The number of oxime groups is 1. The van der Waals surface area contributed by atoms with Crippen LogP contribution in [0.2, 0.25) is 0 Å². The number of rotatable bonds is 4. The van der Waals surface area contributed by atoms with Gasteiger partial charge in [0.05, 0.1) is 11.7 Å². The SMILES string of the molecule is C=CCSc1nc2ccc(C)cc2cc1/C=N/O. The van der Waals surface area contributed by atoms with Crippen molar-refractivity contribution in [2.24, 2.45) is 5.16 Å². The fourth-order valence-corrected chi connectivity index (χ4v) is 2.42. The van der Waals surface area contributed by atoms with E-state index in [0.29, 0.717) is 0 Å². The molecule has 4 heteroatoms. The van der Waals surface area contributed by atoms with Gasteiger partial charge < -0.3 is 5.21 Å². The summed E-state index contributed by atoms with van der Waals surface area (Å²) in [6.07, 6.45) is 3.24. The zero-order valence-corrected chi connectivity index (χ0v) is 10.9. The molecule has 0 spiro atoms. The summed E-state index contributed by atoms with van der Waals surface area (Å²) in [5, 5.41) is 13.7. The van der Waals surface area contributed by atoms with E-state index in [4.69, 9.17) is 5.21 Å². The quantitative estimate of drug-likeness (QED) is 0.299. The predicted molar refractivity (Wildman–Crippen MR) is 76.8 cm³/mol. The first-order valence-electron chi connectivity index (χ1n) is 5.57. The predicted octanol–water partition coefficient (Wildman–Crippen LogP) is 3.63. The van der Waals surface area contributed by atoms with Gasteiger partial charge in [0.15, 0.2) is 0 Å². The lowest BCUT2D eigenvalue weighted by molar-refractivity contribution is 0.321. The minimum atomic E-state index is 0.774. The number of pyridine rings is 1. The highest BCUT2D eigenvalue weighted by Crippen LogP contribution is 2.24. The molecule has 0 radical (unpaired) electrons. The Labute approximate surface area is 110 Å². The summed E-state index contributed by atoms with van der Waals surface area (Å²) >= 11 is 1.57. The van der Waals surface area contributed by atoms with Crippen LogP contribution < -0.4 is 0 Å². The topological polar surface area (TPSA) is 45.5 Å². The first kappa shape index (κ1) is 12.6. The smallest absolute Gasteiger partial charge is 0.106 e. The molecule has 0 amide bonds. The Morgan fingerprint density at radius 2 is 2.28 bits per heavy atom. The maximum atomic E-state index is 8.71. The number of benzene rings is 1. The van der Waals surface area contributed by atoms with Crippen molar-refractivity contribution in [3.8, 4) is 0 Å². The molecule has 0 fully saturated rings. The Kier molecular flexibility index (Phi) is 3.99. The third-order valence-electron chi connectivity index (χ3n) is 2.50. The minimum Gasteiger partial charge on any atom is -0.411 e. The summed E-state index contributed by atoms with van der Waals surface area (Å²) in [5.41, 5.74) is 2.95. The van der Waals surface area contributed by atoms with E-state index in [1.165, 1.54) is 11.8 Å². The van der Waals surface area contributed by atoms with Crippen LogP contribution in [0.1, 0.15) is 11.1 Å². The van der Waals surface area contributed by atoms with Gasteiger partial charge in [0.1, 0.15) is 5.03 Å². The highest BCUT2D eigenvalue weighted by atomic mass is 32.2. The van der Waals surface area contributed by atoms with E-state index in [0.717, 1.165) is 27.2 Å². The molecule has 18 heavy (non-hydrogen) atoms. The van der Waals surface area contributed by atoms with Crippen molar-refractivity contribution in [1.82, 2.24) is 4.98 Å². The van der Waals surface area contributed by atoms with Crippen LogP contribution in [0, 0.1) is 6.92 Å². The maximum absolute atomic E-state index is 8.71. The van der Waals surface area contributed by atoms with Gasteiger partial charge >= 0.3 is 0 Å². The van der Waals surface area contributed by atoms with Crippen LogP contribution in [0.15, 0.2) is 47.1 Å². The molecule has 2 rings (SSSR count). The summed E-state index contributed by atoms with van der Waals surface area (Å²) < 4.78 is 0. The van der Waals surface area contributed by atoms with Crippen LogP contribution in [0.3, 0.4) is 0 Å². The number of fused-ring (bicyclic) bond motifs is 1. The van der Waals surface area contributed by atoms with Crippen molar-refractivity contribution in [1.29, 1.82) is 0 Å². The molecule has 1 aromatic heterocycles. The molecule has 0 saturated carbocycles. The number of nitrogens with zero attached hydrogens (tertiary/aromatic N) is 2. The van der Waals surface area contributed by atoms with Gasteiger partial charge in [-0.2, -0.15) is 0 Å². The zero-order valence-electron chi connectivity index (χ0n) is 10.1. The molecule has 0 unspecified atom stereocenters.